The molecule has 3 aromatic carbocycles. The van der Waals surface area contributed by atoms with Crippen LogP contribution in [0.15, 0.2) is 72.8 Å². The van der Waals surface area contributed by atoms with Crippen molar-refractivity contribution < 1.29 is 9.90 Å². The van der Waals surface area contributed by atoms with Crippen LogP contribution in [0, 0.1) is 0 Å². The third-order valence-corrected chi connectivity index (χ3v) is 6.15. The molecule has 186 valence electrons. The predicted octanol–water partition coefficient (Wildman–Crippen LogP) is 4.98. The Kier molecular flexibility index (Phi) is 6.85. The molecule has 0 saturated heterocycles. The molecule has 0 atom stereocenters. The summed E-state index contributed by atoms with van der Waals surface area (Å²) in [6, 6.07) is 24.2. The van der Waals surface area contributed by atoms with Gasteiger partial charge in [0.2, 0.25) is 5.82 Å². The summed E-state index contributed by atoms with van der Waals surface area (Å²) in [7, 11) is 0. The molecule has 0 aliphatic rings. The van der Waals surface area contributed by atoms with Gasteiger partial charge in [-0.15, -0.1) is 10.2 Å². The first kappa shape index (κ1) is 24.1. The van der Waals surface area contributed by atoms with Crippen molar-refractivity contribution in [3.8, 4) is 33.9 Å². The zero-order valence-corrected chi connectivity index (χ0v) is 20.7. The number of H-pyrrole nitrogens is 1. The van der Waals surface area contributed by atoms with Crippen molar-refractivity contribution in [3.63, 3.8) is 0 Å². The summed E-state index contributed by atoms with van der Waals surface area (Å²) in [5.41, 5.74) is 6.03. The van der Waals surface area contributed by atoms with Crippen molar-refractivity contribution in [3.05, 3.63) is 89.7 Å². The van der Waals surface area contributed by atoms with Crippen LogP contribution >= 0.6 is 0 Å². The Labute approximate surface area is 214 Å². The second kappa shape index (κ2) is 10.5. The van der Waals surface area contributed by atoms with Crippen molar-refractivity contribution in [1.82, 2.24) is 35.4 Å². The molecule has 0 amide bonds. The molecule has 0 unspecified atom stereocenters. The lowest BCUT2D eigenvalue weighted by molar-refractivity contribution is -0.136. The topological polar surface area (TPSA) is 122 Å². The number of nitrogens with zero attached hydrogens (tertiary/aromatic N) is 6. The standard InChI is InChI=1S/C28H27N7O2/c1-18(2)26-29-28(22-14-7-19(8-15-22)11-16-25(36)37)35(32-26)17-20-9-12-21(13-10-20)23-5-3-4-6-24(23)27-30-33-34-31-27/h3-10,12-15,18H,11,16-17H2,1-2H3,(H,36,37)(H,30,31,33,34). The summed E-state index contributed by atoms with van der Waals surface area (Å²) in [4.78, 5) is 15.7. The van der Waals surface area contributed by atoms with Crippen molar-refractivity contribution in [2.75, 3.05) is 0 Å². The van der Waals surface area contributed by atoms with Crippen LogP contribution in [0.4, 0.5) is 0 Å². The highest BCUT2D eigenvalue weighted by Gasteiger charge is 2.16. The Morgan fingerprint density at radius 1 is 0.919 bits per heavy atom. The maximum atomic E-state index is 10.9. The Hall–Kier alpha value is -4.66. The summed E-state index contributed by atoms with van der Waals surface area (Å²) in [5, 5.41) is 28.2. The SMILES string of the molecule is CC(C)c1nc(-c2ccc(CCC(=O)O)cc2)n(Cc2ccc(-c3ccccc3-c3nn[nH]n3)cc2)n1. The maximum absolute atomic E-state index is 10.9. The Morgan fingerprint density at radius 2 is 1.59 bits per heavy atom. The van der Waals surface area contributed by atoms with E-state index in [-0.39, 0.29) is 12.3 Å². The zero-order valence-electron chi connectivity index (χ0n) is 20.7. The maximum Gasteiger partial charge on any atom is 0.303 e. The number of aromatic amines is 1. The molecule has 0 fully saturated rings. The van der Waals surface area contributed by atoms with Gasteiger partial charge in [-0.05, 0) is 33.9 Å². The van der Waals surface area contributed by atoms with Crippen LogP contribution in [0.3, 0.4) is 0 Å². The molecule has 0 aliphatic carbocycles. The van der Waals surface area contributed by atoms with E-state index in [2.05, 4.69) is 58.7 Å². The quantitative estimate of drug-likeness (QED) is 0.297. The Bertz CT molecular complexity index is 1490. The number of carboxylic acids is 1. The van der Waals surface area contributed by atoms with Crippen molar-refractivity contribution in [1.29, 1.82) is 0 Å². The number of nitrogens with one attached hydrogen (secondary N) is 1. The van der Waals surface area contributed by atoms with Crippen LogP contribution in [0.5, 0.6) is 0 Å². The van der Waals surface area contributed by atoms with Gasteiger partial charge in [-0.25, -0.2) is 9.67 Å². The van der Waals surface area contributed by atoms with Crippen LogP contribution in [0.25, 0.3) is 33.9 Å². The van der Waals surface area contributed by atoms with Gasteiger partial charge in [0.25, 0.3) is 0 Å². The lowest BCUT2D eigenvalue weighted by Gasteiger charge is -2.10. The molecular weight excluding hydrogens is 466 g/mol. The van der Waals surface area contributed by atoms with Crippen molar-refractivity contribution >= 4 is 5.97 Å². The van der Waals surface area contributed by atoms with Crippen LogP contribution in [0.1, 0.15) is 43.1 Å². The van der Waals surface area contributed by atoms with Gasteiger partial charge in [-0.2, -0.15) is 10.3 Å². The third kappa shape index (κ3) is 5.45. The zero-order chi connectivity index (χ0) is 25.8. The van der Waals surface area contributed by atoms with Gasteiger partial charge in [-0.1, -0.05) is 86.6 Å². The first-order valence-corrected chi connectivity index (χ1v) is 12.2. The second-order valence-corrected chi connectivity index (χ2v) is 9.17. The molecule has 2 aromatic heterocycles. The second-order valence-electron chi connectivity index (χ2n) is 9.17. The first-order chi connectivity index (χ1) is 18.0. The third-order valence-electron chi connectivity index (χ3n) is 6.15. The summed E-state index contributed by atoms with van der Waals surface area (Å²) in [6.07, 6.45) is 0.615. The minimum atomic E-state index is -0.797. The molecule has 37 heavy (non-hydrogen) atoms. The fourth-order valence-electron chi connectivity index (χ4n) is 4.17. The molecule has 9 heteroatoms. The molecule has 2 heterocycles. The molecule has 2 N–H and O–H groups in total. The number of benzene rings is 3. The number of hydrogen-bond donors (Lipinski definition) is 2. The number of tetrazole rings is 1. The highest BCUT2D eigenvalue weighted by Crippen LogP contribution is 2.30. The van der Waals surface area contributed by atoms with E-state index in [4.69, 9.17) is 15.2 Å². The molecule has 0 aliphatic heterocycles. The molecule has 0 saturated carbocycles. The van der Waals surface area contributed by atoms with Gasteiger partial charge < -0.3 is 5.11 Å². The number of hydrogen-bond acceptors (Lipinski definition) is 6. The van der Waals surface area contributed by atoms with E-state index < -0.39 is 5.97 Å². The number of rotatable bonds is 9. The number of carbonyl (C=O) groups is 1. The van der Waals surface area contributed by atoms with Crippen LogP contribution in [0.2, 0.25) is 0 Å². The average molecular weight is 494 g/mol. The number of carboxylic acid groups (broad SMARTS) is 1. The fourth-order valence-corrected chi connectivity index (χ4v) is 4.17. The number of aryl methyl sites for hydroxylation is 1. The van der Waals surface area contributed by atoms with E-state index in [1.165, 1.54) is 0 Å². The van der Waals surface area contributed by atoms with Crippen molar-refractivity contribution in [2.24, 2.45) is 0 Å². The monoisotopic (exact) mass is 493 g/mol. The van der Waals surface area contributed by atoms with E-state index in [0.29, 0.717) is 18.8 Å². The van der Waals surface area contributed by atoms with Crippen LogP contribution in [-0.4, -0.2) is 46.5 Å². The largest absolute Gasteiger partial charge is 0.481 e. The molecule has 0 radical (unpaired) electrons. The van der Waals surface area contributed by atoms with E-state index in [0.717, 1.165) is 45.0 Å². The number of aliphatic carboxylic acids is 1. The van der Waals surface area contributed by atoms with E-state index in [9.17, 15) is 4.79 Å². The smallest absolute Gasteiger partial charge is 0.303 e. The Balaban J connectivity index is 1.40. The van der Waals surface area contributed by atoms with Crippen LogP contribution < -0.4 is 0 Å². The lowest BCUT2D eigenvalue weighted by atomic mass is 9.98. The molecule has 9 nitrogen and oxygen atoms in total. The minimum Gasteiger partial charge on any atom is -0.481 e. The summed E-state index contributed by atoms with van der Waals surface area (Å²) in [6.45, 7) is 4.73. The summed E-state index contributed by atoms with van der Waals surface area (Å²) >= 11 is 0. The predicted molar refractivity (Wildman–Crippen MR) is 140 cm³/mol. The van der Waals surface area contributed by atoms with Crippen LogP contribution in [-0.2, 0) is 17.8 Å². The van der Waals surface area contributed by atoms with Gasteiger partial charge in [-0.3, -0.25) is 4.79 Å². The average Bonchev–Trinajstić information content (AvgIpc) is 3.59. The van der Waals surface area contributed by atoms with Gasteiger partial charge >= 0.3 is 5.97 Å². The van der Waals surface area contributed by atoms with E-state index >= 15 is 0 Å². The first-order valence-electron chi connectivity index (χ1n) is 12.2. The molecule has 0 bridgehead atoms. The normalized spacial score (nSPS) is 11.2. The van der Waals surface area contributed by atoms with E-state index in [1.54, 1.807) is 0 Å². The number of aromatic nitrogens is 7. The highest BCUT2D eigenvalue weighted by atomic mass is 16.4. The minimum absolute atomic E-state index is 0.114. The molecular formula is C28H27N7O2. The van der Waals surface area contributed by atoms with Gasteiger partial charge in [0.1, 0.15) is 0 Å². The molecule has 0 spiro atoms. The highest BCUT2D eigenvalue weighted by molar-refractivity contribution is 5.80. The van der Waals surface area contributed by atoms with Crippen molar-refractivity contribution in [2.45, 2.75) is 39.2 Å². The summed E-state index contributed by atoms with van der Waals surface area (Å²) < 4.78 is 1.93. The van der Waals surface area contributed by atoms with Gasteiger partial charge in [0.15, 0.2) is 11.6 Å². The molecule has 5 aromatic rings. The molecule has 5 rings (SSSR count). The lowest BCUT2D eigenvalue weighted by Crippen LogP contribution is -2.05. The van der Waals surface area contributed by atoms with E-state index in [1.807, 2.05) is 53.2 Å². The van der Waals surface area contributed by atoms with Gasteiger partial charge in [0, 0.05) is 23.5 Å². The van der Waals surface area contributed by atoms with Gasteiger partial charge in [0.05, 0.1) is 6.54 Å². The fraction of sp³-hybridized carbons (Fsp3) is 0.214. The summed E-state index contributed by atoms with van der Waals surface area (Å²) in [5.74, 6) is 1.53. The Morgan fingerprint density at radius 3 is 2.24 bits per heavy atom.